The summed E-state index contributed by atoms with van der Waals surface area (Å²) in [6.07, 6.45) is 1.69. The molecular formula is C25H23N5O. The smallest absolute Gasteiger partial charge is 0.243 e. The number of nitrogens with one attached hydrogen (secondary N) is 1. The maximum absolute atomic E-state index is 9.35. The molecule has 154 valence electrons. The molecule has 6 heteroatoms. The van der Waals surface area contributed by atoms with Gasteiger partial charge in [-0.25, -0.2) is 9.67 Å². The molecule has 31 heavy (non-hydrogen) atoms. The zero-order valence-corrected chi connectivity index (χ0v) is 17.7. The van der Waals surface area contributed by atoms with Crippen LogP contribution in [-0.2, 0) is 5.41 Å². The lowest BCUT2D eigenvalue weighted by Gasteiger charge is -2.22. The molecule has 1 N–H and O–H groups in total. The van der Waals surface area contributed by atoms with E-state index in [9.17, 15) is 5.26 Å². The van der Waals surface area contributed by atoms with Crippen LogP contribution in [0.1, 0.15) is 32.0 Å². The largest absolute Gasteiger partial charge is 0.437 e. The minimum atomic E-state index is -0.0768. The van der Waals surface area contributed by atoms with Crippen LogP contribution in [-0.4, -0.2) is 14.8 Å². The number of ether oxygens (including phenoxy) is 1. The summed E-state index contributed by atoms with van der Waals surface area (Å²) < 4.78 is 7.94. The average molecular weight is 409 g/mol. The summed E-state index contributed by atoms with van der Waals surface area (Å²) in [5.41, 5.74) is 2.85. The summed E-state index contributed by atoms with van der Waals surface area (Å²) in [4.78, 5) is 4.44. The van der Waals surface area contributed by atoms with Crippen LogP contribution in [0.5, 0.6) is 11.6 Å². The van der Waals surface area contributed by atoms with E-state index in [1.165, 1.54) is 0 Å². The van der Waals surface area contributed by atoms with Crippen molar-refractivity contribution in [2.24, 2.45) is 0 Å². The molecule has 0 aliphatic carbocycles. The molecule has 0 aliphatic heterocycles. The molecule has 2 aromatic carbocycles. The molecular weight excluding hydrogens is 386 g/mol. The van der Waals surface area contributed by atoms with Crippen molar-refractivity contribution in [3.05, 3.63) is 90.3 Å². The Balaban J connectivity index is 1.71. The highest BCUT2D eigenvalue weighted by Crippen LogP contribution is 2.36. The number of rotatable bonds is 5. The first-order valence-electron chi connectivity index (χ1n) is 10.0. The number of pyridine rings is 1. The Morgan fingerprint density at radius 1 is 0.968 bits per heavy atom. The molecule has 0 aliphatic rings. The van der Waals surface area contributed by atoms with E-state index in [2.05, 4.69) is 48.3 Å². The second-order valence-electron chi connectivity index (χ2n) is 8.10. The van der Waals surface area contributed by atoms with Gasteiger partial charge in [0.2, 0.25) is 5.88 Å². The Hall–Kier alpha value is -4.11. The van der Waals surface area contributed by atoms with Crippen molar-refractivity contribution < 1.29 is 4.74 Å². The fourth-order valence-electron chi connectivity index (χ4n) is 3.28. The monoisotopic (exact) mass is 409 g/mol. The van der Waals surface area contributed by atoms with Gasteiger partial charge in [0.15, 0.2) is 5.69 Å². The van der Waals surface area contributed by atoms with E-state index < -0.39 is 0 Å². The third kappa shape index (κ3) is 4.41. The minimum Gasteiger partial charge on any atom is -0.437 e. The summed E-state index contributed by atoms with van der Waals surface area (Å²) in [6.45, 7) is 6.44. The summed E-state index contributed by atoms with van der Waals surface area (Å²) >= 11 is 0. The molecule has 0 bridgehead atoms. The van der Waals surface area contributed by atoms with Crippen molar-refractivity contribution in [3.63, 3.8) is 0 Å². The van der Waals surface area contributed by atoms with Crippen molar-refractivity contribution >= 4 is 11.5 Å². The quantitative estimate of drug-likeness (QED) is 0.439. The van der Waals surface area contributed by atoms with Crippen molar-refractivity contribution in [2.75, 3.05) is 5.32 Å². The Morgan fingerprint density at radius 2 is 1.71 bits per heavy atom. The summed E-state index contributed by atoms with van der Waals surface area (Å²) in [7, 11) is 0. The maximum atomic E-state index is 9.35. The van der Waals surface area contributed by atoms with Crippen molar-refractivity contribution in [1.29, 1.82) is 5.26 Å². The van der Waals surface area contributed by atoms with Gasteiger partial charge in [-0.05, 0) is 35.7 Å². The highest BCUT2D eigenvalue weighted by molar-refractivity contribution is 5.65. The Labute approximate surface area is 181 Å². The topological polar surface area (TPSA) is 75.8 Å². The van der Waals surface area contributed by atoms with E-state index in [-0.39, 0.29) is 5.41 Å². The molecule has 0 spiro atoms. The van der Waals surface area contributed by atoms with Gasteiger partial charge < -0.3 is 10.1 Å². The first-order valence-corrected chi connectivity index (χ1v) is 10.0. The highest BCUT2D eigenvalue weighted by Gasteiger charge is 2.20. The lowest BCUT2D eigenvalue weighted by Crippen LogP contribution is -2.12. The molecule has 0 fully saturated rings. The number of para-hydroxylation sites is 2. The minimum absolute atomic E-state index is 0.0768. The highest BCUT2D eigenvalue weighted by atomic mass is 16.5. The van der Waals surface area contributed by atoms with Crippen LogP contribution in [0.15, 0.2) is 79.0 Å². The molecule has 2 heterocycles. The molecule has 4 rings (SSSR count). The van der Waals surface area contributed by atoms with Crippen LogP contribution >= 0.6 is 0 Å². The van der Waals surface area contributed by atoms with Crippen LogP contribution in [0, 0.1) is 11.3 Å². The molecule has 0 unspecified atom stereocenters. The normalized spacial score (nSPS) is 11.0. The van der Waals surface area contributed by atoms with Crippen LogP contribution in [0.2, 0.25) is 0 Å². The van der Waals surface area contributed by atoms with Crippen molar-refractivity contribution in [3.8, 4) is 23.4 Å². The van der Waals surface area contributed by atoms with Gasteiger partial charge in [0.25, 0.3) is 0 Å². The number of anilines is 2. The predicted octanol–water partition coefficient (Wildman–Crippen LogP) is 5.97. The molecule has 0 radical (unpaired) electrons. The second kappa shape index (κ2) is 8.33. The lowest BCUT2D eigenvalue weighted by molar-refractivity contribution is 0.442. The predicted molar refractivity (Wildman–Crippen MR) is 121 cm³/mol. The fraction of sp³-hybridized carbons (Fsp3) is 0.160. The zero-order valence-electron chi connectivity index (χ0n) is 17.7. The van der Waals surface area contributed by atoms with Gasteiger partial charge in [0.05, 0.1) is 5.69 Å². The molecule has 0 amide bonds. The lowest BCUT2D eigenvalue weighted by atomic mass is 9.86. The molecule has 0 saturated carbocycles. The molecule has 2 aromatic heterocycles. The summed E-state index contributed by atoms with van der Waals surface area (Å²) in [5.74, 6) is 1.84. The van der Waals surface area contributed by atoms with E-state index in [0.29, 0.717) is 23.1 Å². The van der Waals surface area contributed by atoms with Gasteiger partial charge in [0.1, 0.15) is 23.3 Å². The van der Waals surface area contributed by atoms with Gasteiger partial charge in [-0.2, -0.15) is 10.4 Å². The Morgan fingerprint density at radius 3 is 2.45 bits per heavy atom. The first kappa shape index (κ1) is 20.2. The third-order valence-electron chi connectivity index (χ3n) is 4.76. The van der Waals surface area contributed by atoms with E-state index in [4.69, 9.17) is 4.74 Å². The number of benzene rings is 2. The van der Waals surface area contributed by atoms with Crippen LogP contribution in [0.3, 0.4) is 0 Å². The number of hydrogen-bond acceptors (Lipinski definition) is 5. The molecule has 0 atom stereocenters. The number of hydrogen-bond donors (Lipinski definition) is 1. The van der Waals surface area contributed by atoms with E-state index in [0.717, 1.165) is 17.0 Å². The van der Waals surface area contributed by atoms with Gasteiger partial charge >= 0.3 is 0 Å². The van der Waals surface area contributed by atoms with E-state index in [1.807, 2.05) is 60.7 Å². The van der Waals surface area contributed by atoms with Crippen molar-refractivity contribution in [1.82, 2.24) is 14.8 Å². The van der Waals surface area contributed by atoms with E-state index >= 15 is 0 Å². The second-order valence-corrected chi connectivity index (χ2v) is 8.10. The van der Waals surface area contributed by atoms with Crippen LogP contribution in [0.25, 0.3) is 5.69 Å². The number of nitrogens with zero attached hydrogens (tertiary/aromatic N) is 4. The third-order valence-corrected chi connectivity index (χ3v) is 4.76. The van der Waals surface area contributed by atoms with Crippen LogP contribution in [0.4, 0.5) is 11.5 Å². The number of aromatic nitrogens is 3. The SMILES string of the molecule is CC(C)(C)c1ccccc1Oc1ncccc1Nc1cc(C#N)nn1-c1ccccc1. The maximum Gasteiger partial charge on any atom is 0.243 e. The zero-order chi connectivity index (χ0) is 21.8. The average Bonchev–Trinajstić information content (AvgIpc) is 3.18. The van der Waals surface area contributed by atoms with E-state index in [1.54, 1.807) is 16.9 Å². The fourth-order valence-corrected chi connectivity index (χ4v) is 3.28. The summed E-state index contributed by atoms with van der Waals surface area (Å²) in [6, 6.07) is 25.1. The Bertz CT molecular complexity index is 1230. The standard InChI is InChI=1S/C25H23N5O/c1-25(2,3)20-12-7-8-14-22(20)31-24-21(13-9-15-27-24)28-23-16-18(17-26)29-30(23)19-10-5-4-6-11-19/h4-16,28H,1-3H3. The van der Waals surface area contributed by atoms with Gasteiger partial charge in [-0.3, -0.25) is 0 Å². The first-order chi connectivity index (χ1) is 15.0. The molecule has 0 saturated heterocycles. The van der Waals surface area contributed by atoms with Gasteiger partial charge in [0, 0.05) is 17.8 Å². The molecule has 4 aromatic rings. The van der Waals surface area contributed by atoms with Crippen molar-refractivity contribution in [2.45, 2.75) is 26.2 Å². The summed E-state index contributed by atoms with van der Waals surface area (Å²) in [5, 5.41) is 17.1. The van der Waals surface area contributed by atoms with Gasteiger partial charge in [-0.1, -0.05) is 57.2 Å². The number of nitriles is 1. The van der Waals surface area contributed by atoms with Crippen LogP contribution < -0.4 is 10.1 Å². The molecule has 6 nitrogen and oxygen atoms in total. The Kier molecular flexibility index (Phi) is 5.42. The van der Waals surface area contributed by atoms with Gasteiger partial charge in [-0.15, -0.1) is 0 Å².